The number of thioether (sulfide) groups is 1. The number of nitrogens with zero attached hydrogens (tertiary/aromatic N) is 2. The van der Waals surface area contributed by atoms with Crippen molar-refractivity contribution in [3.63, 3.8) is 0 Å². The summed E-state index contributed by atoms with van der Waals surface area (Å²) in [5, 5.41) is 4.30. The molecule has 9 heteroatoms. The van der Waals surface area contributed by atoms with Crippen LogP contribution in [0.25, 0.3) is 0 Å². The van der Waals surface area contributed by atoms with Gasteiger partial charge in [0.2, 0.25) is 0 Å². The highest BCUT2D eigenvalue weighted by molar-refractivity contribution is 7.98. The molecular formula is C27H29ClN4O3S. The number of allylic oxidation sites excluding steroid dienone is 1. The van der Waals surface area contributed by atoms with Crippen LogP contribution < -0.4 is 15.8 Å². The Balaban J connectivity index is 1.75. The maximum absolute atomic E-state index is 13.4. The number of H-pyrrole nitrogens is 1. The Morgan fingerprint density at radius 2 is 1.83 bits per heavy atom. The molecule has 188 valence electrons. The van der Waals surface area contributed by atoms with E-state index < -0.39 is 11.9 Å². The fourth-order valence-electron chi connectivity index (χ4n) is 4.44. The first kappa shape index (κ1) is 25.9. The summed E-state index contributed by atoms with van der Waals surface area (Å²) in [7, 11) is 1.34. The van der Waals surface area contributed by atoms with Crippen molar-refractivity contribution in [2.75, 3.05) is 30.4 Å². The lowest BCUT2D eigenvalue weighted by Crippen LogP contribution is -2.31. The number of halogens is 1. The molecule has 36 heavy (non-hydrogen) atoms. The second-order valence-corrected chi connectivity index (χ2v) is 9.74. The van der Waals surface area contributed by atoms with E-state index in [4.69, 9.17) is 21.3 Å². The molecule has 1 atom stereocenters. The maximum Gasteiger partial charge on any atom is 0.336 e. The van der Waals surface area contributed by atoms with Crippen LogP contribution in [0, 0.1) is 0 Å². The second kappa shape index (κ2) is 11.2. The summed E-state index contributed by atoms with van der Waals surface area (Å²) in [5.41, 5.74) is 3.93. The number of methoxy groups -OCH3 is 1. The zero-order valence-electron chi connectivity index (χ0n) is 20.7. The van der Waals surface area contributed by atoms with E-state index in [-0.39, 0.29) is 5.56 Å². The summed E-state index contributed by atoms with van der Waals surface area (Å²) in [6.45, 7) is 7.78. The number of rotatable bonds is 8. The van der Waals surface area contributed by atoms with Crippen LogP contribution in [0.2, 0.25) is 5.02 Å². The van der Waals surface area contributed by atoms with Gasteiger partial charge in [-0.15, -0.1) is 0 Å². The van der Waals surface area contributed by atoms with Crippen LogP contribution in [0.5, 0.6) is 0 Å². The highest BCUT2D eigenvalue weighted by atomic mass is 35.5. The third kappa shape index (κ3) is 5.15. The number of aromatic nitrogens is 2. The number of carbonyl (C=O) groups excluding carboxylic acids is 1. The van der Waals surface area contributed by atoms with Crippen LogP contribution >= 0.6 is 23.4 Å². The molecule has 0 bridgehead atoms. The van der Waals surface area contributed by atoms with Gasteiger partial charge in [-0.3, -0.25) is 4.79 Å². The van der Waals surface area contributed by atoms with E-state index in [2.05, 4.69) is 29.0 Å². The van der Waals surface area contributed by atoms with Crippen LogP contribution in [0.3, 0.4) is 0 Å². The van der Waals surface area contributed by atoms with E-state index in [1.54, 1.807) is 6.92 Å². The first-order valence-electron chi connectivity index (χ1n) is 11.8. The van der Waals surface area contributed by atoms with Crippen molar-refractivity contribution < 1.29 is 9.53 Å². The van der Waals surface area contributed by atoms with E-state index in [9.17, 15) is 9.59 Å². The van der Waals surface area contributed by atoms with Crippen LogP contribution in [-0.4, -0.2) is 36.1 Å². The fraction of sp³-hybridized carbons (Fsp3) is 0.296. The molecule has 0 saturated carbocycles. The first-order valence-corrected chi connectivity index (χ1v) is 13.2. The average molecular weight is 525 g/mol. The van der Waals surface area contributed by atoms with E-state index in [0.717, 1.165) is 29.9 Å². The lowest BCUT2D eigenvalue weighted by Gasteiger charge is -2.29. The number of ether oxygens (including phenoxy) is 1. The topological polar surface area (TPSA) is 87.3 Å². The molecule has 0 spiro atoms. The second-order valence-electron chi connectivity index (χ2n) is 8.37. The van der Waals surface area contributed by atoms with Gasteiger partial charge in [-0.05, 0) is 50.1 Å². The summed E-state index contributed by atoms with van der Waals surface area (Å²) in [6.07, 6.45) is 0. The molecule has 1 aromatic heterocycles. The Morgan fingerprint density at radius 3 is 2.47 bits per heavy atom. The van der Waals surface area contributed by atoms with Gasteiger partial charge < -0.3 is 19.9 Å². The predicted molar refractivity (Wildman–Crippen MR) is 146 cm³/mol. The maximum atomic E-state index is 13.4. The molecule has 3 aromatic rings. The number of nitrogens with one attached hydrogen (secondary N) is 2. The molecule has 1 aliphatic rings. The Labute approximate surface area is 219 Å². The van der Waals surface area contributed by atoms with Crippen LogP contribution in [-0.2, 0) is 15.3 Å². The van der Waals surface area contributed by atoms with Crippen LogP contribution in [0.4, 0.5) is 11.5 Å². The van der Waals surface area contributed by atoms with Crippen molar-refractivity contribution in [3.05, 3.63) is 91.9 Å². The molecule has 1 aliphatic heterocycles. The molecule has 2 aromatic carbocycles. The first-order chi connectivity index (χ1) is 17.4. The summed E-state index contributed by atoms with van der Waals surface area (Å²) in [4.78, 5) is 36.1. The molecule has 2 heterocycles. The van der Waals surface area contributed by atoms with Gasteiger partial charge in [-0.1, -0.05) is 53.7 Å². The molecule has 1 unspecified atom stereocenters. The van der Waals surface area contributed by atoms with E-state index in [0.29, 0.717) is 38.6 Å². The quantitative estimate of drug-likeness (QED) is 0.226. The standard InChI is InChI=1S/C27H29ClN4O3S/c1-5-32(6-2)19-13-11-17(12-14-19)22-21(26(34)35-4)16(3)29-24-23(22)25(33)31-27(30-24)36-15-18-9-7-8-10-20(18)28/h7-14,22H,5-6,15H2,1-4H3,(H2,29,30,31,33). The molecule has 0 radical (unpaired) electrons. The van der Waals surface area contributed by atoms with Gasteiger partial charge in [0.25, 0.3) is 5.56 Å². The van der Waals surface area contributed by atoms with Crippen molar-refractivity contribution >= 4 is 40.8 Å². The lowest BCUT2D eigenvalue weighted by atomic mass is 9.82. The summed E-state index contributed by atoms with van der Waals surface area (Å²) in [5.74, 6) is -0.110. The van der Waals surface area contributed by atoms with Crippen molar-refractivity contribution in [2.45, 2.75) is 37.6 Å². The smallest absolute Gasteiger partial charge is 0.336 e. The number of fused-ring (bicyclic) bond motifs is 1. The number of anilines is 2. The molecule has 7 nitrogen and oxygen atoms in total. The minimum absolute atomic E-state index is 0.305. The molecule has 0 amide bonds. The Hall–Kier alpha value is -3.23. The largest absolute Gasteiger partial charge is 0.466 e. The molecule has 0 saturated heterocycles. The van der Waals surface area contributed by atoms with Crippen molar-refractivity contribution in [1.82, 2.24) is 9.97 Å². The number of aromatic amines is 1. The van der Waals surface area contributed by atoms with Gasteiger partial charge in [-0.25, -0.2) is 9.78 Å². The lowest BCUT2D eigenvalue weighted by molar-refractivity contribution is -0.136. The third-order valence-corrected chi connectivity index (χ3v) is 7.59. The summed E-state index contributed by atoms with van der Waals surface area (Å²) >= 11 is 7.67. The zero-order chi connectivity index (χ0) is 25.8. The molecule has 0 aliphatic carbocycles. The van der Waals surface area contributed by atoms with E-state index in [1.165, 1.54) is 18.9 Å². The van der Waals surface area contributed by atoms with Crippen molar-refractivity contribution in [3.8, 4) is 0 Å². The zero-order valence-corrected chi connectivity index (χ0v) is 22.3. The summed E-state index contributed by atoms with van der Waals surface area (Å²) in [6, 6.07) is 15.5. The number of esters is 1. The van der Waals surface area contributed by atoms with Gasteiger partial charge in [0.05, 0.1) is 24.2 Å². The fourth-order valence-corrected chi connectivity index (χ4v) is 5.59. The highest BCUT2D eigenvalue weighted by Gasteiger charge is 2.36. The highest BCUT2D eigenvalue weighted by Crippen LogP contribution is 2.40. The van der Waals surface area contributed by atoms with Gasteiger partial charge in [-0.2, -0.15) is 0 Å². The number of benzene rings is 2. The number of carbonyl (C=O) groups is 1. The van der Waals surface area contributed by atoms with Crippen LogP contribution in [0.15, 0.2) is 69.8 Å². The van der Waals surface area contributed by atoms with Gasteiger partial charge in [0, 0.05) is 35.2 Å². The number of hydrogen-bond acceptors (Lipinski definition) is 7. The molecular weight excluding hydrogens is 496 g/mol. The van der Waals surface area contributed by atoms with Crippen LogP contribution in [0.1, 0.15) is 43.4 Å². The van der Waals surface area contributed by atoms with Gasteiger partial charge in [0.1, 0.15) is 5.82 Å². The third-order valence-electron chi connectivity index (χ3n) is 6.30. The normalized spacial score (nSPS) is 14.8. The Morgan fingerprint density at radius 1 is 1.14 bits per heavy atom. The summed E-state index contributed by atoms with van der Waals surface area (Å²) < 4.78 is 5.09. The predicted octanol–water partition coefficient (Wildman–Crippen LogP) is 5.57. The van der Waals surface area contributed by atoms with Gasteiger partial charge in [0.15, 0.2) is 5.16 Å². The molecule has 2 N–H and O–H groups in total. The van der Waals surface area contributed by atoms with Gasteiger partial charge >= 0.3 is 5.97 Å². The number of hydrogen-bond donors (Lipinski definition) is 2. The van der Waals surface area contributed by atoms with Crippen molar-refractivity contribution in [2.24, 2.45) is 0 Å². The Kier molecular flexibility index (Phi) is 8.06. The monoisotopic (exact) mass is 524 g/mol. The molecule has 4 rings (SSSR count). The molecule has 0 fully saturated rings. The SMILES string of the molecule is CCN(CC)c1ccc(C2C(C(=O)OC)=C(C)Nc3nc(SCc4ccccc4Cl)[nH]c(=O)c32)cc1. The minimum Gasteiger partial charge on any atom is -0.466 e. The average Bonchev–Trinajstić information content (AvgIpc) is 2.88. The van der Waals surface area contributed by atoms with E-state index in [1.807, 2.05) is 48.5 Å². The minimum atomic E-state index is -0.613. The van der Waals surface area contributed by atoms with Crippen molar-refractivity contribution in [1.29, 1.82) is 0 Å². The Bertz CT molecular complexity index is 1350. The van der Waals surface area contributed by atoms with E-state index >= 15 is 0 Å².